The molecule has 0 atom stereocenters. The van der Waals surface area contributed by atoms with Gasteiger partial charge in [0.2, 0.25) is 0 Å². The van der Waals surface area contributed by atoms with Crippen molar-refractivity contribution >= 4 is 12.1 Å². The number of alkyl carbamates (subject to hydrolysis) is 1. The minimum absolute atomic E-state index is 0.0517. The van der Waals surface area contributed by atoms with Crippen LogP contribution in [0.1, 0.15) is 13.3 Å². The third kappa shape index (κ3) is 9.49. The number of ether oxygens (including phenoxy) is 2. The number of halogens is 3. The summed E-state index contributed by atoms with van der Waals surface area (Å²) in [5, 5.41) is 2.13. The van der Waals surface area contributed by atoms with Crippen LogP contribution in [0.2, 0.25) is 0 Å². The van der Waals surface area contributed by atoms with Crippen LogP contribution < -0.4 is 5.32 Å². The van der Waals surface area contributed by atoms with Crippen molar-refractivity contribution in [3.8, 4) is 0 Å². The Kier molecular flexibility index (Phi) is 6.84. The molecule has 0 aliphatic carbocycles. The molecule has 1 amide bonds. The minimum atomic E-state index is -4.36. The third-order valence-electron chi connectivity index (χ3n) is 1.57. The van der Waals surface area contributed by atoms with E-state index in [2.05, 4.69) is 21.4 Å². The van der Waals surface area contributed by atoms with Crippen LogP contribution in [-0.4, -0.2) is 38.0 Å². The highest BCUT2D eigenvalue weighted by atomic mass is 19.4. The minimum Gasteiger partial charge on any atom is -0.460 e. The van der Waals surface area contributed by atoms with Crippen molar-refractivity contribution in [3.63, 3.8) is 0 Å². The van der Waals surface area contributed by atoms with Crippen molar-refractivity contribution in [2.75, 3.05) is 19.8 Å². The van der Waals surface area contributed by atoms with Gasteiger partial charge >= 0.3 is 18.2 Å². The van der Waals surface area contributed by atoms with Crippen molar-refractivity contribution in [2.24, 2.45) is 0 Å². The molecule has 18 heavy (non-hydrogen) atoms. The summed E-state index contributed by atoms with van der Waals surface area (Å²) in [7, 11) is 0. The molecule has 0 aromatic heterocycles. The monoisotopic (exact) mass is 269 g/mol. The predicted octanol–water partition coefficient (Wildman–Crippen LogP) is 1.78. The second-order valence-electron chi connectivity index (χ2n) is 3.34. The van der Waals surface area contributed by atoms with Crippen LogP contribution in [0, 0.1) is 0 Å². The zero-order chi connectivity index (χ0) is 14.2. The molecule has 0 aliphatic rings. The van der Waals surface area contributed by atoms with Crippen LogP contribution in [0.4, 0.5) is 18.0 Å². The van der Waals surface area contributed by atoms with Crippen LogP contribution in [0.3, 0.4) is 0 Å². The number of nitrogens with one attached hydrogen (secondary N) is 1. The molecule has 1 N–H and O–H groups in total. The Morgan fingerprint density at radius 1 is 1.22 bits per heavy atom. The van der Waals surface area contributed by atoms with Crippen LogP contribution in [0.15, 0.2) is 12.2 Å². The molecule has 0 aliphatic heterocycles. The Labute approximate surface area is 102 Å². The summed E-state index contributed by atoms with van der Waals surface area (Å²) in [4.78, 5) is 21.7. The summed E-state index contributed by atoms with van der Waals surface area (Å²) >= 11 is 0. The van der Waals surface area contributed by atoms with Gasteiger partial charge in [0, 0.05) is 5.57 Å². The maximum absolute atomic E-state index is 11.7. The van der Waals surface area contributed by atoms with E-state index >= 15 is 0 Å². The summed E-state index contributed by atoms with van der Waals surface area (Å²) in [5.41, 5.74) is 0.211. The van der Waals surface area contributed by atoms with Crippen molar-refractivity contribution in [1.82, 2.24) is 5.32 Å². The van der Waals surface area contributed by atoms with E-state index in [4.69, 9.17) is 0 Å². The van der Waals surface area contributed by atoms with E-state index in [0.29, 0.717) is 0 Å². The fourth-order valence-electron chi connectivity index (χ4n) is 0.731. The normalized spacial score (nSPS) is 10.7. The molecule has 0 fully saturated rings. The number of carbonyl (C=O) groups is 2. The van der Waals surface area contributed by atoms with Crippen molar-refractivity contribution in [1.29, 1.82) is 0 Å². The Hall–Kier alpha value is -1.73. The average molecular weight is 269 g/mol. The van der Waals surface area contributed by atoms with E-state index in [0.717, 1.165) is 0 Å². The van der Waals surface area contributed by atoms with E-state index in [-0.39, 0.29) is 18.7 Å². The number of carbonyl (C=O) groups excluding carboxylic acids is 2. The summed E-state index contributed by atoms with van der Waals surface area (Å²) in [6.07, 6.45) is -6.56. The first-order valence-corrected chi connectivity index (χ1v) is 5.02. The van der Waals surface area contributed by atoms with Gasteiger partial charge in [-0.05, 0) is 6.92 Å². The lowest BCUT2D eigenvalue weighted by Gasteiger charge is -2.09. The van der Waals surface area contributed by atoms with Crippen molar-refractivity contribution in [2.45, 2.75) is 19.5 Å². The molecule has 0 bridgehead atoms. The van der Waals surface area contributed by atoms with E-state index in [1.165, 1.54) is 6.92 Å². The van der Waals surface area contributed by atoms with Crippen LogP contribution in [-0.2, 0) is 14.3 Å². The first kappa shape index (κ1) is 16.3. The number of hydrogen-bond donors (Lipinski definition) is 1. The zero-order valence-electron chi connectivity index (χ0n) is 9.80. The lowest BCUT2D eigenvalue weighted by atomic mass is 10.4. The van der Waals surface area contributed by atoms with Gasteiger partial charge in [0.1, 0.15) is 13.2 Å². The Morgan fingerprint density at radius 3 is 2.33 bits per heavy atom. The molecule has 0 aromatic rings. The highest BCUT2D eigenvalue weighted by Gasteiger charge is 2.27. The molecule has 0 rings (SSSR count). The van der Waals surface area contributed by atoms with Gasteiger partial charge in [0.05, 0.1) is 13.0 Å². The van der Waals surface area contributed by atoms with E-state index in [1.807, 2.05) is 0 Å². The smallest absolute Gasteiger partial charge is 0.407 e. The first-order chi connectivity index (χ1) is 8.22. The van der Waals surface area contributed by atoms with Gasteiger partial charge in [-0.15, -0.1) is 0 Å². The maximum Gasteiger partial charge on any atom is 0.407 e. The van der Waals surface area contributed by atoms with E-state index in [9.17, 15) is 22.8 Å². The molecule has 0 saturated carbocycles. The van der Waals surface area contributed by atoms with Gasteiger partial charge in [0.25, 0.3) is 0 Å². The van der Waals surface area contributed by atoms with Crippen LogP contribution >= 0.6 is 0 Å². The standard InChI is InChI=1S/C10H14F3NO4/c1-7(2)8(15)17-6-4-14-9(16)18-5-3-10(11,12)13/h1,3-6H2,2H3,(H,14,16). The molecule has 0 unspecified atom stereocenters. The first-order valence-electron chi connectivity index (χ1n) is 5.02. The molecular formula is C10H14F3NO4. The quantitative estimate of drug-likeness (QED) is 0.453. The second-order valence-corrected chi connectivity index (χ2v) is 3.34. The molecular weight excluding hydrogens is 255 g/mol. The van der Waals surface area contributed by atoms with Crippen LogP contribution in [0.25, 0.3) is 0 Å². The number of hydrogen-bond acceptors (Lipinski definition) is 4. The summed E-state index contributed by atoms with van der Waals surface area (Å²) < 4.78 is 44.0. The van der Waals surface area contributed by atoms with Gasteiger partial charge in [-0.25, -0.2) is 9.59 Å². The van der Waals surface area contributed by atoms with Crippen molar-refractivity contribution < 1.29 is 32.2 Å². The third-order valence-corrected chi connectivity index (χ3v) is 1.57. The van der Waals surface area contributed by atoms with Gasteiger partial charge in [0.15, 0.2) is 0 Å². The average Bonchev–Trinajstić information content (AvgIpc) is 2.22. The molecule has 104 valence electrons. The molecule has 0 radical (unpaired) electrons. The lowest BCUT2D eigenvalue weighted by Crippen LogP contribution is -2.29. The second kappa shape index (κ2) is 7.57. The highest BCUT2D eigenvalue weighted by Crippen LogP contribution is 2.18. The fourth-order valence-corrected chi connectivity index (χ4v) is 0.731. The van der Waals surface area contributed by atoms with E-state index in [1.54, 1.807) is 0 Å². The molecule has 0 aromatic carbocycles. The molecule has 0 spiro atoms. The summed E-state index contributed by atoms with van der Waals surface area (Å²) in [5.74, 6) is -0.609. The van der Waals surface area contributed by atoms with Gasteiger partial charge in [-0.2, -0.15) is 13.2 Å². The molecule has 0 heterocycles. The Balaban J connectivity index is 3.54. The maximum atomic E-state index is 11.7. The van der Waals surface area contributed by atoms with Crippen molar-refractivity contribution in [3.05, 3.63) is 12.2 Å². The lowest BCUT2D eigenvalue weighted by molar-refractivity contribution is -0.142. The van der Waals surface area contributed by atoms with E-state index < -0.39 is 31.3 Å². The van der Waals surface area contributed by atoms with Crippen LogP contribution in [0.5, 0.6) is 0 Å². The van der Waals surface area contributed by atoms with Gasteiger partial charge < -0.3 is 14.8 Å². The number of esters is 1. The largest absolute Gasteiger partial charge is 0.460 e. The van der Waals surface area contributed by atoms with Gasteiger partial charge in [-0.3, -0.25) is 0 Å². The molecule has 5 nitrogen and oxygen atoms in total. The molecule has 0 saturated heterocycles. The zero-order valence-corrected chi connectivity index (χ0v) is 9.80. The topological polar surface area (TPSA) is 64.6 Å². The SMILES string of the molecule is C=C(C)C(=O)OCCNC(=O)OCCC(F)(F)F. The summed E-state index contributed by atoms with van der Waals surface area (Å²) in [6.45, 7) is 3.89. The Morgan fingerprint density at radius 2 is 1.83 bits per heavy atom. The number of amides is 1. The predicted molar refractivity (Wildman–Crippen MR) is 55.8 cm³/mol. The highest BCUT2D eigenvalue weighted by molar-refractivity contribution is 5.86. The van der Waals surface area contributed by atoms with Gasteiger partial charge in [-0.1, -0.05) is 6.58 Å². The number of rotatable bonds is 6. The summed E-state index contributed by atoms with van der Waals surface area (Å²) in [6, 6.07) is 0. The Bertz CT molecular complexity index is 315. The fraction of sp³-hybridized carbons (Fsp3) is 0.600. The number of alkyl halides is 3. The molecule has 8 heteroatoms.